The van der Waals surface area contributed by atoms with Gasteiger partial charge in [0.2, 0.25) is 5.91 Å². The number of ether oxygens (including phenoxy) is 3. The summed E-state index contributed by atoms with van der Waals surface area (Å²) in [7, 11) is 3.24. The van der Waals surface area contributed by atoms with Crippen molar-refractivity contribution in [3.05, 3.63) is 39.0 Å². The number of thioether (sulfide) groups is 1. The number of benzene rings is 1. The van der Waals surface area contributed by atoms with E-state index in [1.807, 2.05) is 22.8 Å². The number of amides is 2. The number of thiophene rings is 1. The van der Waals surface area contributed by atoms with Gasteiger partial charge in [-0.25, -0.2) is 4.79 Å². The number of esters is 1. The summed E-state index contributed by atoms with van der Waals surface area (Å²) in [5.41, 5.74) is 2.41. The Morgan fingerprint density at radius 3 is 2.76 bits per heavy atom. The lowest BCUT2D eigenvalue weighted by Gasteiger charge is -2.07. The molecule has 2 aromatic heterocycles. The first-order chi connectivity index (χ1) is 17.9. The Labute approximate surface area is 226 Å². The molecule has 0 fully saturated rings. The fourth-order valence-corrected chi connectivity index (χ4v) is 7.10. The molecule has 0 spiro atoms. The van der Waals surface area contributed by atoms with E-state index >= 15 is 0 Å². The summed E-state index contributed by atoms with van der Waals surface area (Å²) in [4.78, 5) is 43.8. The van der Waals surface area contributed by atoms with Crippen LogP contribution in [0.1, 0.15) is 34.1 Å². The van der Waals surface area contributed by atoms with Crippen LogP contribution >= 0.6 is 34.4 Å². The van der Waals surface area contributed by atoms with Crippen LogP contribution in [0, 0.1) is 0 Å². The van der Waals surface area contributed by atoms with Crippen molar-refractivity contribution in [2.24, 2.45) is 4.99 Å². The molecule has 0 atom stereocenters. The molecule has 0 radical (unpaired) electrons. The molecule has 12 heteroatoms. The number of hydrogen-bond acceptors (Lipinski definition) is 9. The van der Waals surface area contributed by atoms with Crippen molar-refractivity contribution in [3.8, 4) is 5.75 Å². The van der Waals surface area contributed by atoms with Crippen LogP contribution in [-0.2, 0) is 38.4 Å². The van der Waals surface area contributed by atoms with Crippen molar-refractivity contribution < 1.29 is 28.6 Å². The maximum atomic E-state index is 12.6. The Morgan fingerprint density at radius 1 is 1.16 bits per heavy atom. The monoisotopic (exact) mass is 563 g/mol. The zero-order valence-electron chi connectivity index (χ0n) is 21.0. The van der Waals surface area contributed by atoms with E-state index < -0.39 is 5.97 Å². The molecule has 9 nitrogen and oxygen atoms in total. The van der Waals surface area contributed by atoms with Gasteiger partial charge in [0, 0.05) is 18.5 Å². The van der Waals surface area contributed by atoms with Crippen molar-refractivity contribution in [1.82, 2.24) is 4.57 Å². The molecular weight excluding hydrogens is 534 g/mol. The minimum Gasteiger partial charge on any atom is -0.497 e. The number of anilines is 1. The number of hydrogen-bond donors (Lipinski definition) is 1. The number of rotatable bonds is 11. The Hall–Kier alpha value is -2.67. The summed E-state index contributed by atoms with van der Waals surface area (Å²) in [6, 6.07) is 5.72. The van der Waals surface area contributed by atoms with Crippen molar-refractivity contribution >= 4 is 67.4 Å². The molecule has 0 saturated carbocycles. The number of nitrogens with one attached hydrogen (secondary N) is 1. The van der Waals surface area contributed by atoms with E-state index in [0.29, 0.717) is 28.5 Å². The van der Waals surface area contributed by atoms with Crippen LogP contribution in [0.3, 0.4) is 0 Å². The minimum atomic E-state index is -0.401. The highest BCUT2D eigenvalue weighted by molar-refractivity contribution is 8.00. The summed E-state index contributed by atoms with van der Waals surface area (Å²) in [5, 5.41) is 3.38. The van der Waals surface area contributed by atoms with Gasteiger partial charge in [0.1, 0.15) is 10.8 Å². The van der Waals surface area contributed by atoms with Gasteiger partial charge in [-0.3, -0.25) is 9.59 Å². The van der Waals surface area contributed by atoms with Gasteiger partial charge in [-0.15, -0.1) is 23.1 Å². The van der Waals surface area contributed by atoms with Crippen molar-refractivity contribution in [2.75, 3.05) is 44.3 Å². The lowest BCUT2D eigenvalue weighted by molar-refractivity contribution is -0.115. The molecule has 1 aromatic carbocycles. The fourth-order valence-electron chi connectivity index (χ4n) is 4.11. The van der Waals surface area contributed by atoms with E-state index in [1.54, 1.807) is 21.1 Å². The fraction of sp³-hybridized carbons (Fsp3) is 0.440. The molecule has 1 N–H and O–H groups in total. The smallest absolute Gasteiger partial charge is 0.341 e. The second kappa shape index (κ2) is 12.7. The van der Waals surface area contributed by atoms with Gasteiger partial charge < -0.3 is 24.1 Å². The van der Waals surface area contributed by atoms with E-state index in [-0.39, 0.29) is 29.9 Å². The van der Waals surface area contributed by atoms with Gasteiger partial charge in [-0.2, -0.15) is 4.99 Å². The quantitative estimate of drug-likeness (QED) is 0.353. The minimum absolute atomic E-state index is 0.0565. The molecule has 4 rings (SSSR count). The second-order valence-corrected chi connectivity index (χ2v) is 11.3. The van der Waals surface area contributed by atoms with Crippen LogP contribution in [0.2, 0.25) is 0 Å². The molecule has 198 valence electrons. The molecule has 0 saturated heterocycles. The van der Waals surface area contributed by atoms with Crippen molar-refractivity contribution in [3.63, 3.8) is 0 Å². The van der Waals surface area contributed by atoms with Crippen molar-refractivity contribution in [1.29, 1.82) is 0 Å². The molecule has 2 amide bonds. The zero-order valence-corrected chi connectivity index (χ0v) is 23.4. The Balaban J connectivity index is 1.40. The van der Waals surface area contributed by atoms with Crippen LogP contribution < -0.4 is 14.9 Å². The predicted octanol–water partition coefficient (Wildman–Crippen LogP) is 3.88. The van der Waals surface area contributed by atoms with E-state index in [4.69, 9.17) is 14.2 Å². The van der Waals surface area contributed by atoms with E-state index in [1.165, 1.54) is 34.4 Å². The molecule has 37 heavy (non-hydrogen) atoms. The van der Waals surface area contributed by atoms with Crippen LogP contribution in [0.15, 0.2) is 23.2 Å². The van der Waals surface area contributed by atoms with E-state index in [9.17, 15) is 14.4 Å². The number of methoxy groups -OCH3 is 2. The molecule has 0 bridgehead atoms. The lowest BCUT2D eigenvalue weighted by atomic mass is 10.1. The van der Waals surface area contributed by atoms with Crippen LogP contribution in [0.25, 0.3) is 10.2 Å². The van der Waals surface area contributed by atoms with Gasteiger partial charge in [-0.05, 0) is 49.9 Å². The molecule has 0 aliphatic heterocycles. The van der Waals surface area contributed by atoms with Gasteiger partial charge in [-0.1, -0.05) is 11.3 Å². The number of fused-ring (bicyclic) bond motifs is 2. The van der Waals surface area contributed by atoms with Gasteiger partial charge >= 0.3 is 5.97 Å². The predicted molar refractivity (Wildman–Crippen MR) is 147 cm³/mol. The summed E-state index contributed by atoms with van der Waals surface area (Å²) in [6.07, 6.45) is 2.72. The number of thiazole rings is 1. The lowest BCUT2D eigenvalue weighted by Crippen LogP contribution is -2.20. The first-order valence-corrected chi connectivity index (χ1v) is 14.7. The summed E-state index contributed by atoms with van der Waals surface area (Å²) in [5.74, 6) is -0.145. The second-order valence-electron chi connectivity index (χ2n) is 8.19. The number of nitrogens with zero attached hydrogens (tertiary/aromatic N) is 2. The first kappa shape index (κ1) is 27.4. The normalized spacial score (nSPS) is 13.1. The van der Waals surface area contributed by atoms with Gasteiger partial charge in [0.05, 0.1) is 47.6 Å². The third-order valence-electron chi connectivity index (χ3n) is 5.74. The van der Waals surface area contributed by atoms with Crippen LogP contribution in [-0.4, -0.2) is 61.3 Å². The zero-order chi connectivity index (χ0) is 26.4. The summed E-state index contributed by atoms with van der Waals surface area (Å²) in [6.45, 7) is 3.07. The SMILES string of the molecule is CCOC(=O)c1c(NC(=O)CSCC(=O)N=c2sc3cc(OC)ccc3n2CCOC)sc2c1CCC2. The summed E-state index contributed by atoms with van der Waals surface area (Å²) < 4.78 is 18.6. The highest BCUT2D eigenvalue weighted by atomic mass is 32.2. The highest BCUT2D eigenvalue weighted by Gasteiger charge is 2.28. The third-order valence-corrected chi connectivity index (χ3v) is 8.91. The Bertz CT molecular complexity index is 1370. The number of carbonyl (C=O) groups excluding carboxylic acids is 3. The number of carbonyl (C=O) groups is 3. The third kappa shape index (κ3) is 6.43. The van der Waals surface area contributed by atoms with E-state index in [2.05, 4.69) is 10.3 Å². The molecular formula is C25H29N3O6S3. The molecule has 2 heterocycles. The standard InChI is InChI=1S/C25H29N3O6S3/c1-4-34-24(31)22-16-6-5-7-18(16)36-23(22)26-20(29)13-35-14-21(30)27-25-28(10-11-32-2)17-9-8-15(33-3)12-19(17)37-25/h8-9,12H,4-7,10-11,13-14H2,1-3H3,(H,26,29). The largest absolute Gasteiger partial charge is 0.497 e. The average Bonchev–Trinajstić information content (AvgIpc) is 3.55. The van der Waals surface area contributed by atoms with Gasteiger partial charge in [0.15, 0.2) is 4.80 Å². The Morgan fingerprint density at radius 2 is 2.00 bits per heavy atom. The van der Waals surface area contributed by atoms with Crippen LogP contribution in [0.4, 0.5) is 5.00 Å². The average molecular weight is 564 g/mol. The number of aryl methyl sites for hydroxylation is 1. The molecule has 3 aromatic rings. The highest BCUT2D eigenvalue weighted by Crippen LogP contribution is 2.39. The van der Waals surface area contributed by atoms with Crippen molar-refractivity contribution in [2.45, 2.75) is 32.7 Å². The maximum Gasteiger partial charge on any atom is 0.341 e. The van der Waals surface area contributed by atoms with E-state index in [0.717, 1.165) is 45.7 Å². The first-order valence-electron chi connectivity index (χ1n) is 11.9. The number of aromatic nitrogens is 1. The molecule has 0 unspecified atom stereocenters. The van der Waals surface area contributed by atoms with Gasteiger partial charge in [0.25, 0.3) is 5.91 Å². The van der Waals surface area contributed by atoms with Crippen LogP contribution in [0.5, 0.6) is 5.75 Å². The molecule has 1 aliphatic rings. The topological polar surface area (TPSA) is 108 Å². The molecule has 1 aliphatic carbocycles. The summed E-state index contributed by atoms with van der Waals surface area (Å²) >= 11 is 4.02. The maximum absolute atomic E-state index is 12.6. The Kier molecular flexibility index (Phi) is 9.41.